The molecule has 0 bridgehead atoms. The molecule has 0 spiro atoms. The van der Waals surface area contributed by atoms with E-state index in [1.54, 1.807) is 0 Å². The molecule has 0 amide bonds. The van der Waals surface area contributed by atoms with Crippen LogP contribution in [0.2, 0.25) is 0 Å². The van der Waals surface area contributed by atoms with Crippen LogP contribution >= 0.6 is 0 Å². The van der Waals surface area contributed by atoms with Gasteiger partial charge in [0, 0.05) is 25.3 Å². The summed E-state index contributed by atoms with van der Waals surface area (Å²) < 4.78 is 27.1. The molecule has 0 radical (unpaired) electrons. The Hall–Kier alpha value is -1.55. The molecular weight excluding hydrogens is 310 g/mol. The second-order valence-corrected chi connectivity index (χ2v) is 6.41. The molecule has 1 unspecified atom stereocenters. The van der Waals surface area contributed by atoms with Gasteiger partial charge in [0.25, 0.3) is 5.69 Å². The number of rotatable bonds is 10. The number of nitrogens with zero attached hydrogens (tertiary/aromatic N) is 1. The molecule has 1 rings (SSSR count). The minimum Gasteiger partial charge on any atom is -0.396 e. The van der Waals surface area contributed by atoms with Crippen molar-refractivity contribution in [2.75, 3.05) is 19.7 Å². The molecule has 9 heteroatoms. The molecular formula is C13H21N3O5S. The maximum Gasteiger partial charge on any atom is 0.289 e. The fraction of sp³-hybridized carbons (Fsp3) is 0.538. The SMILES string of the molecule is CCC(CNCCCO)NS(=O)(=O)c1ccccc1[N+](=O)[O-]. The monoisotopic (exact) mass is 331 g/mol. The van der Waals surface area contributed by atoms with E-state index in [1.807, 2.05) is 6.92 Å². The van der Waals surface area contributed by atoms with Crippen molar-refractivity contribution in [2.24, 2.45) is 0 Å². The molecule has 1 aromatic carbocycles. The van der Waals surface area contributed by atoms with E-state index in [2.05, 4.69) is 10.0 Å². The van der Waals surface area contributed by atoms with Crippen LogP contribution in [0.3, 0.4) is 0 Å². The third-order valence-electron chi connectivity index (χ3n) is 3.07. The summed E-state index contributed by atoms with van der Waals surface area (Å²) in [6, 6.07) is 4.86. The predicted molar refractivity (Wildman–Crippen MR) is 82.1 cm³/mol. The van der Waals surface area contributed by atoms with Gasteiger partial charge in [0.2, 0.25) is 10.0 Å². The Morgan fingerprint density at radius 3 is 2.64 bits per heavy atom. The second-order valence-electron chi connectivity index (χ2n) is 4.73. The van der Waals surface area contributed by atoms with E-state index in [0.29, 0.717) is 25.9 Å². The first kappa shape index (κ1) is 18.5. The first-order valence-corrected chi connectivity index (χ1v) is 8.48. The molecule has 0 fully saturated rings. The highest BCUT2D eigenvalue weighted by molar-refractivity contribution is 7.89. The number of aliphatic hydroxyl groups excluding tert-OH is 1. The zero-order valence-corrected chi connectivity index (χ0v) is 13.2. The molecule has 0 aromatic heterocycles. The summed E-state index contributed by atoms with van der Waals surface area (Å²) >= 11 is 0. The largest absolute Gasteiger partial charge is 0.396 e. The number of nitro groups is 1. The molecule has 0 aliphatic rings. The highest BCUT2D eigenvalue weighted by Gasteiger charge is 2.26. The summed E-state index contributed by atoms with van der Waals surface area (Å²) in [5.74, 6) is 0. The molecule has 124 valence electrons. The van der Waals surface area contributed by atoms with E-state index in [1.165, 1.54) is 18.2 Å². The molecule has 8 nitrogen and oxygen atoms in total. The van der Waals surface area contributed by atoms with Crippen LogP contribution in [0, 0.1) is 10.1 Å². The first-order chi connectivity index (χ1) is 10.4. The molecule has 1 atom stereocenters. The van der Waals surface area contributed by atoms with Crippen LogP contribution in [0.4, 0.5) is 5.69 Å². The molecule has 1 aromatic rings. The lowest BCUT2D eigenvalue weighted by molar-refractivity contribution is -0.387. The Morgan fingerprint density at radius 2 is 2.05 bits per heavy atom. The van der Waals surface area contributed by atoms with Crippen molar-refractivity contribution in [1.82, 2.24) is 10.0 Å². The zero-order chi connectivity index (χ0) is 16.6. The molecule has 3 N–H and O–H groups in total. The highest BCUT2D eigenvalue weighted by Crippen LogP contribution is 2.22. The van der Waals surface area contributed by atoms with Gasteiger partial charge in [-0.05, 0) is 25.5 Å². The fourth-order valence-corrected chi connectivity index (χ4v) is 3.36. The van der Waals surface area contributed by atoms with Crippen molar-refractivity contribution in [3.05, 3.63) is 34.4 Å². The van der Waals surface area contributed by atoms with Gasteiger partial charge in [-0.3, -0.25) is 10.1 Å². The summed E-state index contributed by atoms with van der Waals surface area (Å²) in [5, 5.41) is 22.7. The lowest BCUT2D eigenvalue weighted by atomic mass is 10.2. The van der Waals surface area contributed by atoms with Gasteiger partial charge < -0.3 is 10.4 Å². The van der Waals surface area contributed by atoms with Crippen molar-refractivity contribution in [2.45, 2.75) is 30.7 Å². The maximum absolute atomic E-state index is 12.3. The maximum atomic E-state index is 12.3. The van der Waals surface area contributed by atoms with Crippen LogP contribution in [0.25, 0.3) is 0 Å². The second kappa shape index (κ2) is 8.79. The summed E-state index contributed by atoms with van der Waals surface area (Å²) in [6.07, 6.45) is 1.11. The van der Waals surface area contributed by atoms with Crippen LogP contribution in [-0.2, 0) is 10.0 Å². The Bertz CT molecular complexity index is 591. The molecule has 0 aliphatic carbocycles. The number of aliphatic hydroxyl groups is 1. The number of para-hydroxylation sites is 1. The third kappa shape index (κ3) is 5.34. The number of nitro benzene ring substituents is 1. The van der Waals surface area contributed by atoms with Gasteiger partial charge in [-0.25, -0.2) is 13.1 Å². The molecule has 0 saturated heterocycles. The van der Waals surface area contributed by atoms with Crippen molar-refractivity contribution >= 4 is 15.7 Å². The lowest BCUT2D eigenvalue weighted by Gasteiger charge is -2.17. The van der Waals surface area contributed by atoms with Gasteiger partial charge in [0.1, 0.15) is 0 Å². The van der Waals surface area contributed by atoms with Crippen LogP contribution in [0.1, 0.15) is 19.8 Å². The van der Waals surface area contributed by atoms with Gasteiger partial charge in [0.15, 0.2) is 4.90 Å². The Labute approximate surface area is 129 Å². The Balaban J connectivity index is 2.83. The summed E-state index contributed by atoms with van der Waals surface area (Å²) in [5.41, 5.74) is -0.446. The average molecular weight is 331 g/mol. The van der Waals surface area contributed by atoms with Gasteiger partial charge in [-0.1, -0.05) is 19.1 Å². The van der Waals surface area contributed by atoms with E-state index in [4.69, 9.17) is 5.11 Å². The quantitative estimate of drug-likeness (QED) is 0.328. The normalized spacial score (nSPS) is 13.0. The van der Waals surface area contributed by atoms with E-state index < -0.39 is 20.6 Å². The average Bonchev–Trinajstić information content (AvgIpc) is 2.50. The smallest absolute Gasteiger partial charge is 0.289 e. The number of sulfonamides is 1. The van der Waals surface area contributed by atoms with Crippen LogP contribution < -0.4 is 10.0 Å². The topological polar surface area (TPSA) is 122 Å². The van der Waals surface area contributed by atoms with Gasteiger partial charge >= 0.3 is 0 Å². The van der Waals surface area contributed by atoms with E-state index in [-0.39, 0.29) is 17.5 Å². The number of hydrogen-bond donors (Lipinski definition) is 3. The summed E-state index contributed by atoms with van der Waals surface area (Å²) in [6.45, 7) is 2.84. The molecule has 0 aliphatic heterocycles. The van der Waals surface area contributed by atoms with Crippen molar-refractivity contribution < 1.29 is 18.4 Å². The van der Waals surface area contributed by atoms with Crippen LogP contribution in [-0.4, -0.2) is 44.2 Å². The fourth-order valence-electron chi connectivity index (χ4n) is 1.87. The highest BCUT2D eigenvalue weighted by atomic mass is 32.2. The molecule has 0 saturated carbocycles. The van der Waals surface area contributed by atoms with Gasteiger partial charge in [-0.15, -0.1) is 0 Å². The van der Waals surface area contributed by atoms with Crippen molar-refractivity contribution in [3.63, 3.8) is 0 Å². The van der Waals surface area contributed by atoms with Crippen molar-refractivity contribution in [3.8, 4) is 0 Å². The minimum absolute atomic E-state index is 0.0612. The van der Waals surface area contributed by atoms with Crippen molar-refractivity contribution in [1.29, 1.82) is 0 Å². The third-order valence-corrected chi connectivity index (χ3v) is 4.64. The Kier molecular flexibility index (Phi) is 7.39. The number of hydrogen-bond acceptors (Lipinski definition) is 6. The lowest BCUT2D eigenvalue weighted by Crippen LogP contribution is -2.42. The van der Waals surface area contributed by atoms with Gasteiger partial charge in [-0.2, -0.15) is 0 Å². The number of benzene rings is 1. The standard InChI is InChI=1S/C13H21N3O5S/c1-2-11(10-14-8-5-9-17)15-22(20,21)13-7-4-3-6-12(13)16(18)19/h3-4,6-7,11,14-15,17H,2,5,8-10H2,1H3. The Morgan fingerprint density at radius 1 is 1.36 bits per heavy atom. The zero-order valence-electron chi connectivity index (χ0n) is 12.4. The summed E-state index contributed by atoms with van der Waals surface area (Å²) in [7, 11) is -3.97. The van der Waals surface area contributed by atoms with Crippen LogP contribution in [0.5, 0.6) is 0 Å². The van der Waals surface area contributed by atoms with E-state index in [9.17, 15) is 18.5 Å². The van der Waals surface area contributed by atoms with E-state index in [0.717, 1.165) is 6.07 Å². The first-order valence-electron chi connectivity index (χ1n) is 6.99. The minimum atomic E-state index is -3.97. The number of nitrogens with one attached hydrogen (secondary N) is 2. The predicted octanol–water partition coefficient (Wildman–Crippen LogP) is 0.624. The summed E-state index contributed by atoms with van der Waals surface area (Å²) in [4.78, 5) is 9.89. The van der Waals surface area contributed by atoms with Gasteiger partial charge in [0.05, 0.1) is 4.92 Å². The molecule has 0 heterocycles. The van der Waals surface area contributed by atoms with Crippen LogP contribution in [0.15, 0.2) is 29.2 Å². The van der Waals surface area contributed by atoms with E-state index >= 15 is 0 Å². The molecule has 22 heavy (non-hydrogen) atoms.